The van der Waals surface area contributed by atoms with E-state index in [1.807, 2.05) is 60.7 Å². The minimum absolute atomic E-state index is 0.00966. The van der Waals surface area contributed by atoms with Crippen molar-refractivity contribution in [1.29, 1.82) is 0 Å². The van der Waals surface area contributed by atoms with Crippen molar-refractivity contribution in [2.24, 2.45) is 0 Å². The predicted octanol–water partition coefficient (Wildman–Crippen LogP) is 5.29. The molecule has 8 unspecified atom stereocenters. The van der Waals surface area contributed by atoms with Crippen LogP contribution < -0.4 is 5.32 Å². The molecule has 3 N–H and O–H groups in total. The number of hydrogen-bond acceptors (Lipinski definition) is 15. The molecule has 15 nitrogen and oxygen atoms in total. The molecule has 3 aromatic carbocycles. The van der Waals surface area contributed by atoms with Crippen LogP contribution in [-0.4, -0.2) is 107 Å². The first-order valence-electron chi connectivity index (χ1n) is 21.0. The van der Waals surface area contributed by atoms with Crippen molar-refractivity contribution in [3.05, 3.63) is 106 Å². The minimum atomic E-state index is -1.28. The normalized spacial score (nSPS) is 25.9. The molecule has 0 saturated carbocycles. The van der Waals surface area contributed by atoms with Gasteiger partial charge in [-0.3, -0.25) is 19.2 Å². The molecule has 3 aliphatic heterocycles. The van der Waals surface area contributed by atoms with Gasteiger partial charge in [-0.25, -0.2) is 0 Å². The van der Waals surface area contributed by atoms with Crippen LogP contribution in [0.4, 0.5) is 0 Å². The Morgan fingerprint density at radius 3 is 1.92 bits per heavy atom. The maximum Gasteiger partial charge on any atom is 0.303 e. The molecule has 0 aromatic heterocycles. The highest BCUT2D eigenvalue weighted by atomic mass is 35.5. The lowest BCUT2D eigenvalue weighted by Gasteiger charge is -2.44. The number of esters is 4. The van der Waals surface area contributed by atoms with Gasteiger partial charge in [0, 0.05) is 77.3 Å². The number of ether oxygens (including phenoxy) is 7. The van der Waals surface area contributed by atoms with E-state index < -0.39 is 66.3 Å². The fourth-order valence-corrected chi connectivity index (χ4v) is 8.57. The van der Waals surface area contributed by atoms with Crippen LogP contribution in [0.1, 0.15) is 93.6 Å². The highest BCUT2D eigenvalue weighted by Gasteiger charge is 2.52. The summed E-state index contributed by atoms with van der Waals surface area (Å²) in [6.45, 7) is 6.69. The summed E-state index contributed by atoms with van der Waals surface area (Å²) in [5.41, 5.74) is 3.43. The van der Waals surface area contributed by atoms with E-state index in [1.165, 1.54) is 20.8 Å². The summed E-state index contributed by atoms with van der Waals surface area (Å²) in [6.07, 6.45) is -5.15. The van der Waals surface area contributed by atoms with E-state index in [9.17, 15) is 29.4 Å². The smallest absolute Gasteiger partial charge is 0.303 e. The number of hydrogen-bond donors (Lipinski definition) is 3. The van der Waals surface area contributed by atoms with Crippen molar-refractivity contribution in [2.45, 2.75) is 121 Å². The monoisotopic (exact) mass is 910 g/mol. The maximum atomic E-state index is 12.3. The molecule has 340 valence electrons. The van der Waals surface area contributed by atoms with Gasteiger partial charge < -0.3 is 53.6 Å². The summed E-state index contributed by atoms with van der Waals surface area (Å²) < 4.78 is 41.2. The van der Waals surface area contributed by atoms with Gasteiger partial charge in [0.1, 0.15) is 18.8 Å². The number of aliphatic hydroxyl groups is 2. The van der Waals surface area contributed by atoms with Crippen LogP contribution in [0.2, 0.25) is 5.02 Å². The van der Waals surface area contributed by atoms with Gasteiger partial charge in [0.25, 0.3) is 0 Å². The summed E-state index contributed by atoms with van der Waals surface area (Å²) in [5.74, 6) is -2.73. The molecule has 8 atom stereocenters. The van der Waals surface area contributed by atoms with Crippen molar-refractivity contribution >= 4 is 52.7 Å². The van der Waals surface area contributed by atoms with Gasteiger partial charge in [-0.2, -0.15) is 0 Å². The average Bonchev–Trinajstić information content (AvgIpc) is 3.25. The molecule has 0 amide bonds. The molecule has 3 aromatic rings. The number of aliphatic hydroxyl groups excluding tert-OH is 1. The Morgan fingerprint density at radius 2 is 1.33 bits per heavy atom. The molecule has 3 heterocycles. The van der Waals surface area contributed by atoms with E-state index in [0.29, 0.717) is 55.5 Å². The first-order chi connectivity index (χ1) is 30.1. The van der Waals surface area contributed by atoms with Crippen molar-refractivity contribution < 1.29 is 62.5 Å². The van der Waals surface area contributed by atoms with Crippen molar-refractivity contribution in [2.75, 3.05) is 26.2 Å². The number of piperidine rings is 1. The van der Waals surface area contributed by atoms with Gasteiger partial charge in [0.2, 0.25) is 0 Å². The Balaban J connectivity index is 1.11. The summed E-state index contributed by atoms with van der Waals surface area (Å²) in [7, 11) is 0. The third-order valence-electron chi connectivity index (χ3n) is 11.4. The van der Waals surface area contributed by atoms with Crippen LogP contribution in [0.5, 0.6) is 0 Å². The second kappa shape index (κ2) is 21.9. The van der Waals surface area contributed by atoms with Crippen molar-refractivity contribution in [3.63, 3.8) is 0 Å². The lowest BCUT2D eigenvalue weighted by Crippen LogP contribution is -2.62. The van der Waals surface area contributed by atoms with Crippen LogP contribution in [0.15, 0.2) is 72.8 Å². The number of nitrogens with zero attached hydrogens (tertiary/aromatic N) is 1. The van der Waals surface area contributed by atoms with E-state index in [2.05, 4.69) is 10.2 Å². The van der Waals surface area contributed by atoms with Crippen LogP contribution in [-0.2, 0) is 71.1 Å². The maximum absolute atomic E-state index is 12.3. The zero-order valence-corrected chi connectivity index (χ0v) is 37.3. The number of rotatable bonds is 15. The van der Waals surface area contributed by atoms with Gasteiger partial charge >= 0.3 is 23.9 Å². The highest BCUT2D eigenvalue weighted by Crippen LogP contribution is 2.40. The summed E-state index contributed by atoms with van der Waals surface area (Å²) >= 11 is 11.8. The number of halogens is 1. The number of likely N-dealkylation sites (tertiary alicyclic amines) is 1. The standard InChI is InChI=1S/C46H55ClN2O13S/c1-27(51)56-26-40-43(58-29(3)53)44(59-30(4)54)42(57-28(2)52)39(61-40)22-41(63)48-23-31-5-11-34(12-6-31)45-60-37(21-38(62-45)33-9-7-32(25-50)8-10-33)24-49-19-17-46(55,18-20-49)35-13-15-36(47)16-14-35/h5-16,37-40,42-45,50,55H,17-26H2,1-4H3,(H,48,63). The van der Waals surface area contributed by atoms with Crippen LogP contribution in [0.3, 0.4) is 0 Å². The van der Waals surface area contributed by atoms with E-state index in [0.717, 1.165) is 34.7 Å². The predicted molar refractivity (Wildman–Crippen MR) is 232 cm³/mol. The fraction of sp³-hybridized carbons (Fsp3) is 0.500. The van der Waals surface area contributed by atoms with Crippen LogP contribution >= 0.6 is 23.8 Å². The zero-order chi connectivity index (χ0) is 45.3. The zero-order valence-electron chi connectivity index (χ0n) is 35.7. The third kappa shape index (κ3) is 13.3. The van der Waals surface area contributed by atoms with Crippen molar-refractivity contribution in [3.8, 4) is 0 Å². The Bertz CT molecular complexity index is 2050. The Labute approximate surface area is 377 Å². The van der Waals surface area contributed by atoms with Crippen LogP contribution in [0.25, 0.3) is 0 Å². The SMILES string of the molecule is CC(=O)OCC1OC(CC(=S)NCc2ccc(C3OC(CN4CCC(O)(c5ccc(Cl)cc5)CC4)CC(c4ccc(CO)cc4)O3)cc2)C(OC(C)=O)C(OC(C)=O)C1OC(C)=O. The molecular formula is C46H55ClN2O13S. The quantitative estimate of drug-likeness (QED) is 0.101. The second-order valence-electron chi connectivity index (χ2n) is 16.1. The molecule has 3 aliphatic rings. The van der Waals surface area contributed by atoms with E-state index >= 15 is 0 Å². The van der Waals surface area contributed by atoms with Gasteiger partial charge in [-0.05, 0) is 47.2 Å². The summed E-state index contributed by atoms with van der Waals surface area (Å²) in [4.78, 5) is 51.0. The third-order valence-corrected chi connectivity index (χ3v) is 11.9. The largest absolute Gasteiger partial charge is 0.463 e. The first-order valence-corrected chi connectivity index (χ1v) is 21.7. The van der Waals surface area contributed by atoms with E-state index in [-0.39, 0.29) is 31.8 Å². The molecular weight excluding hydrogens is 856 g/mol. The molecule has 6 rings (SSSR count). The fourth-order valence-electron chi connectivity index (χ4n) is 8.21. The molecule has 17 heteroatoms. The molecule has 63 heavy (non-hydrogen) atoms. The Kier molecular flexibility index (Phi) is 16.7. The molecule has 3 fully saturated rings. The van der Waals surface area contributed by atoms with Gasteiger partial charge in [-0.15, -0.1) is 0 Å². The number of thiocarbonyl (C=S) groups is 1. The van der Waals surface area contributed by atoms with E-state index in [1.54, 1.807) is 12.1 Å². The van der Waals surface area contributed by atoms with Gasteiger partial charge in [0.15, 0.2) is 24.6 Å². The molecule has 3 saturated heterocycles. The average molecular weight is 911 g/mol. The Morgan fingerprint density at radius 1 is 0.762 bits per heavy atom. The highest BCUT2D eigenvalue weighted by molar-refractivity contribution is 7.80. The second-order valence-corrected chi connectivity index (χ2v) is 17.1. The summed E-state index contributed by atoms with van der Waals surface area (Å²) in [5, 5.41) is 25.0. The first kappa shape index (κ1) is 47.9. The van der Waals surface area contributed by atoms with Gasteiger partial charge in [-0.1, -0.05) is 84.5 Å². The lowest BCUT2D eigenvalue weighted by molar-refractivity contribution is -0.253. The number of carbonyl (C=O) groups is 4. The molecule has 0 aliphatic carbocycles. The molecule has 0 spiro atoms. The van der Waals surface area contributed by atoms with Gasteiger partial charge in [0.05, 0.1) is 29.4 Å². The minimum Gasteiger partial charge on any atom is -0.463 e. The Hall–Kier alpha value is -4.52. The number of carbonyl (C=O) groups excluding carboxylic acids is 4. The summed E-state index contributed by atoms with van der Waals surface area (Å²) in [6, 6.07) is 22.9. The lowest BCUT2D eigenvalue weighted by atomic mass is 9.84. The van der Waals surface area contributed by atoms with Crippen molar-refractivity contribution in [1.82, 2.24) is 10.2 Å². The van der Waals surface area contributed by atoms with E-state index in [4.69, 9.17) is 57.0 Å². The number of benzene rings is 3. The molecule has 0 bridgehead atoms. The molecule has 0 radical (unpaired) electrons. The topological polar surface area (TPSA) is 189 Å². The number of nitrogens with one attached hydrogen (secondary N) is 1. The van der Waals surface area contributed by atoms with Crippen LogP contribution in [0, 0.1) is 0 Å².